The van der Waals surface area contributed by atoms with E-state index in [1.165, 1.54) is 44.9 Å². The molecule has 20 heavy (non-hydrogen) atoms. The van der Waals surface area contributed by atoms with Crippen molar-refractivity contribution in [2.45, 2.75) is 57.8 Å². The average Bonchev–Trinajstić information content (AvgIpc) is 3.22. The van der Waals surface area contributed by atoms with Gasteiger partial charge in [-0.2, -0.15) is 0 Å². The Labute approximate surface area is 130 Å². The van der Waals surface area contributed by atoms with Crippen molar-refractivity contribution in [3.8, 4) is 0 Å². The van der Waals surface area contributed by atoms with Gasteiger partial charge < -0.3 is 5.32 Å². The topological polar surface area (TPSA) is 37.8 Å². The molecule has 2 aliphatic rings. The van der Waals surface area contributed by atoms with E-state index in [1.54, 1.807) is 0 Å². The van der Waals surface area contributed by atoms with Gasteiger partial charge in [0.05, 0.1) is 0 Å². The highest BCUT2D eigenvalue weighted by atomic mass is 79.9. The molecule has 1 N–H and O–H groups in total. The van der Waals surface area contributed by atoms with Crippen molar-refractivity contribution in [3.05, 3.63) is 16.5 Å². The predicted octanol–water partition coefficient (Wildman–Crippen LogP) is 4.74. The summed E-state index contributed by atoms with van der Waals surface area (Å²) in [4.78, 5) is 9.11. The summed E-state index contributed by atoms with van der Waals surface area (Å²) in [5, 5.41) is 3.49. The van der Waals surface area contributed by atoms with Crippen molar-refractivity contribution in [3.63, 3.8) is 0 Å². The summed E-state index contributed by atoms with van der Waals surface area (Å²) in [6.45, 7) is 3.42. The van der Waals surface area contributed by atoms with Crippen molar-refractivity contribution in [1.29, 1.82) is 0 Å². The van der Waals surface area contributed by atoms with Gasteiger partial charge in [0, 0.05) is 18.5 Å². The van der Waals surface area contributed by atoms with Gasteiger partial charge in [0.25, 0.3) is 0 Å². The fourth-order valence-corrected chi connectivity index (χ4v) is 3.67. The van der Waals surface area contributed by atoms with Crippen LogP contribution in [0.2, 0.25) is 0 Å². The third kappa shape index (κ3) is 3.94. The summed E-state index contributed by atoms with van der Waals surface area (Å²) in [5.41, 5.74) is 0. The summed E-state index contributed by atoms with van der Waals surface area (Å²) in [7, 11) is 0. The van der Waals surface area contributed by atoms with E-state index in [0.717, 1.165) is 34.6 Å². The molecular formula is C16H24BrN3. The highest BCUT2D eigenvalue weighted by Crippen LogP contribution is 2.38. The molecule has 0 bridgehead atoms. The van der Waals surface area contributed by atoms with E-state index in [9.17, 15) is 0 Å². The van der Waals surface area contributed by atoms with Crippen LogP contribution in [0.1, 0.15) is 63.6 Å². The first kappa shape index (κ1) is 14.3. The van der Waals surface area contributed by atoms with Crippen molar-refractivity contribution < 1.29 is 0 Å². The van der Waals surface area contributed by atoms with E-state index in [4.69, 9.17) is 0 Å². The number of nitrogens with zero attached hydrogens (tertiary/aromatic N) is 2. The van der Waals surface area contributed by atoms with Crippen LogP contribution >= 0.6 is 15.9 Å². The number of nitrogens with one attached hydrogen (secondary N) is 1. The highest BCUT2D eigenvalue weighted by molar-refractivity contribution is 9.10. The maximum absolute atomic E-state index is 4.64. The van der Waals surface area contributed by atoms with E-state index < -0.39 is 0 Å². The molecule has 2 saturated carbocycles. The third-order valence-electron chi connectivity index (χ3n) is 4.56. The van der Waals surface area contributed by atoms with Crippen LogP contribution in [0, 0.1) is 11.8 Å². The summed E-state index contributed by atoms with van der Waals surface area (Å²) < 4.78 is 0.906. The van der Waals surface area contributed by atoms with Gasteiger partial charge in [-0.15, -0.1) is 0 Å². The fraction of sp³-hybridized carbons (Fsp3) is 0.750. The Morgan fingerprint density at radius 3 is 2.85 bits per heavy atom. The predicted molar refractivity (Wildman–Crippen MR) is 85.9 cm³/mol. The van der Waals surface area contributed by atoms with Gasteiger partial charge in [0.1, 0.15) is 16.2 Å². The number of halogens is 1. The molecule has 4 heteroatoms. The Morgan fingerprint density at radius 1 is 1.25 bits per heavy atom. The molecule has 1 aromatic heterocycles. The zero-order valence-electron chi connectivity index (χ0n) is 12.2. The van der Waals surface area contributed by atoms with E-state index in [2.05, 4.69) is 38.1 Å². The van der Waals surface area contributed by atoms with Gasteiger partial charge in [-0.05, 0) is 53.4 Å². The number of hydrogen-bond acceptors (Lipinski definition) is 3. The van der Waals surface area contributed by atoms with Crippen LogP contribution in [0.5, 0.6) is 0 Å². The number of aromatic nitrogens is 2. The first-order valence-corrected chi connectivity index (χ1v) is 8.78. The third-order valence-corrected chi connectivity index (χ3v) is 4.96. The highest BCUT2D eigenvalue weighted by Gasteiger charge is 2.27. The lowest BCUT2D eigenvalue weighted by molar-refractivity contribution is 0.274. The quantitative estimate of drug-likeness (QED) is 0.788. The fourth-order valence-electron chi connectivity index (χ4n) is 3.28. The SMILES string of the molecule is CC1CCCC(CCNc2cc(Br)nc(C3CC3)n2)C1. The van der Waals surface area contributed by atoms with Crippen molar-refractivity contribution in [1.82, 2.24) is 9.97 Å². The van der Waals surface area contributed by atoms with Crippen molar-refractivity contribution >= 4 is 21.7 Å². The van der Waals surface area contributed by atoms with Crippen molar-refractivity contribution in [2.75, 3.05) is 11.9 Å². The maximum atomic E-state index is 4.64. The first-order chi connectivity index (χ1) is 9.70. The first-order valence-electron chi connectivity index (χ1n) is 7.99. The zero-order chi connectivity index (χ0) is 13.9. The lowest BCUT2D eigenvalue weighted by Gasteiger charge is -2.26. The monoisotopic (exact) mass is 337 g/mol. The molecule has 2 atom stereocenters. The van der Waals surface area contributed by atoms with Gasteiger partial charge in [-0.25, -0.2) is 9.97 Å². The number of rotatable bonds is 5. The zero-order valence-corrected chi connectivity index (χ0v) is 13.8. The number of anilines is 1. The molecule has 0 amide bonds. The maximum Gasteiger partial charge on any atom is 0.135 e. The molecule has 2 aliphatic carbocycles. The van der Waals surface area contributed by atoms with Gasteiger partial charge in [0.2, 0.25) is 0 Å². The number of hydrogen-bond donors (Lipinski definition) is 1. The summed E-state index contributed by atoms with van der Waals surface area (Å²) in [6, 6.07) is 2.00. The van der Waals surface area contributed by atoms with E-state index >= 15 is 0 Å². The Morgan fingerprint density at radius 2 is 2.10 bits per heavy atom. The minimum atomic E-state index is 0.604. The summed E-state index contributed by atoms with van der Waals surface area (Å²) in [5.74, 6) is 4.42. The van der Waals surface area contributed by atoms with Gasteiger partial charge in [-0.1, -0.05) is 26.2 Å². The molecule has 2 fully saturated rings. The molecule has 0 aromatic carbocycles. The molecule has 2 unspecified atom stereocenters. The largest absolute Gasteiger partial charge is 0.370 e. The molecule has 1 aromatic rings. The second-order valence-corrected chi connectivity index (χ2v) is 7.37. The second-order valence-electron chi connectivity index (χ2n) is 6.56. The van der Waals surface area contributed by atoms with E-state index in [1.807, 2.05) is 6.07 Å². The van der Waals surface area contributed by atoms with Crippen LogP contribution in [-0.4, -0.2) is 16.5 Å². The van der Waals surface area contributed by atoms with Crippen LogP contribution < -0.4 is 5.32 Å². The molecular weight excluding hydrogens is 314 g/mol. The molecule has 0 spiro atoms. The standard InChI is InChI=1S/C16H24BrN3/c1-11-3-2-4-12(9-11)7-8-18-15-10-14(17)19-16(20-15)13-5-6-13/h10-13H,2-9H2,1H3,(H,18,19,20). The van der Waals surface area contributed by atoms with Gasteiger partial charge in [-0.3, -0.25) is 0 Å². The molecule has 3 nitrogen and oxygen atoms in total. The normalized spacial score (nSPS) is 26.5. The van der Waals surface area contributed by atoms with E-state index in [0.29, 0.717) is 5.92 Å². The van der Waals surface area contributed by atoms with Crippen LogP contribution in [0.25, 0.3) is 0 Å². The summed E-state index contributed by atoms with van der Waals surface area (Å²) >= 11 is 3.49. The minimum absolute atomic E-state index is 0.604. The Hall–Kier alpha value is -0.640. The lowest BCUT2D eigenvalue weighted by Crippen LogP contribution is -2.17. The lowest BCUT2D eigenvalue weighted by atomic mass is 9.81. The molecule has 110 valence electrons. The molecule has 0 radical (unpaired) electrons. The van der Waals surface area contributed by atoms with Gasteiger partial charge in [0.15, 0.2) is 0 Å². The van der Waals surface area contributed by atoms with Crippen molar-refractivity contribution in [2.24, 2.45) is 11.8 Å². The van der Waals surface area contributed by atoms with Crippen LogP contribution in [0.15, 0.2) is 10.7 Å². The van der Waals surface area contributed by atoms with Crippen LogP contribution in [0.3, 0.4) is 0 Å². The van der Waals surface area contributed by atoms with Crippen LogP contribution in [-0.2, 0) is 0 Å². The van der Waals surface area contributed by atoms with E-state index in [-0.39, 0.29) is 0 Å². The molecule has 0 saturated heterocycles. The average molecular weight is 338 g/mol. The Balaban J connectivity index is 1.50. The second kappa shape index (κ2) is 6.42. The molecule has 3 rings (SSSR count). The van der Waals surface area contributed by atoms with Gasteiger partial charge >= 0.3 is 0 Å². The molecule has 1 heterocycles. The van der Waals surface area contributed by atoms with Crippen LogP contribution in [0.4, 0.5) is 5.82 Å². The Bertz CT molecular complexity index is 459. The smallest absolute Gasteiger partial charge is 0.135 e. The molecule has 0 aliphatic heterocycles. The summed E-state index contributed by atoms with van der Waals surface area (Å²) in [6.07, 6.45) is 9.41. The minimum Gasteiger partial charge on any atom is -0.370 e. The Kier molecular flexibility index (Phi) is 4.59.